The number of benzene rings is 1. The number of hydrogen-bond acceptors (Lipinski definition) is 3. The molecular weight excluding hydrogens is 234 g/mol. The number of amides is 2. The van der Waals surface area contributed by atoms with Gasteiger partial charge in [0.2, 0.25) is 0 Å². The van der Waals surface area contributed by atoms with Crippen LogP contribution in [-0.2, 0) is 7.05 Å². The second kappa shape index (κ2) is 3.63. The van der Waals surface area contributed by atoms with E-state index in [2.05, 4.69) is 5.32 Å². The maximum absolute atomic E-state index is 11.4. The Labute approximate surface area is 103 Å². The molecule has 6 heteroatoms. The van der Waals surface area contributed by atoms with Gasteiger partial charge in [0.15, 0.2) is 5.58 Å². The number of nitrogens with one attached hydrogen (secondary N) is 1. The van der Waals surface area contributed by atoms with Crippen molar-refractivity contribution in [1.29, 1.82) is 0 Å². The first kappa shape index (κ1) is 10.9. The van der Waals surface area contributed by atoms with Crippen molar-refractivity contribution in [2.24, 2.45) is 7.05 Å². The van der Waals surface area contributed by atoms with Crippen LogP contribution in [0.25, 0.3) is 11.1 Å². The Morgan fingerprint density at radius 2 is 2.11 bits per heavy atom. The molecule has 2 amide bonds. The number of hydrogen-bond donors (Lipinski definition) is 1. The zero-order valence-electron chi connectivity index (χ0n) is 10.1. The van der Waals surface area contributed by atoms with Crippen molar-refractivity contribution in [2.75, 3.05) is 13.6 Å². The molecule has 1 saturated heterocycles. The second-order valence-corrected chi connectivity index (χ2v) is 4.54. The molecule has 0 spiro atoms. The van der Waals surface area contributed by atoms with Gasteiger partial charge in [-0.05, 0) is 17.7 Å². The predicted octanol–water partition coefficient (Wildman–Crippen LogP) is 0.828. The number of urea groups is 1. The average molecular weight is 247 g/mol. The van der Waals surface area contributed by atoms with Crippen LogP contribution in [0.1, 0.15) is 11.6 Å². The fraction of sp³-hybridized carbons (Fsp3) is 0.333. The van der Waals surface area contributed by atoms with Crippen LogP contribution in [0.3, 0.4) is 0 Å². The molecule has 3 rings (SSSR count). The first-order valence-electron chi connectivity index (χ1n) is 5.67. The average Bonchev–Trinajstić information content (AvgIpc) is 2.82. The maximum Gasteiger partial charge on any atom is 0.419 e. The highest BCUT2D eigenvalue weighted by molar-refractivity contribution is 5.78. The number of carbonyl (C=O) groups excluding carboxylic acids is 1. The van der Waals surface area contributed by atoms with Gasteiger partial charge in [0, 0.05) is 20.6 Å². The summed E-state index contributed by atoms with van der Waals surface area (Å²) >= 11 is 0. The van der Waals surface area contributed by atoms with E-state index in [-0.39, 0.29) is 17.8 Å². The summed E-state index contributed by atoms with van der Waals surface area (Å²) in [6, 6.07) is 5.38. The zero-order valence-corrected chi connectivity index (χ0v) is 10.1. The van der Waals surface area contributed by atoms with Crippen molar-refractivity contribution in [3.05, 3.63) is 34.3 Å². The third kappa shape index (κ3) is 1.49. The van der Waals surface area contributed by atoms with E-state index in [1.165, 1.54) is 4.57 Å². The van der Waals surface area contributed by atoms with E-state index in [1.807, 2.05) is 12.1 Å². The number of rotatable bonds is 1. The van der Waals surface area contributed by atoms with Gasteiger partial charge in [-0.15, -0.1) is 0 Å². The Morgan fingerprint density at radius 1 is 1.33 bits per heavy atom. The molecular formula is C12H13N3O3. The lowest BCUT2D eigenvalue weighted by Gasteiger charge is -2.09. The van der Waals surface area contributed by atoms with Crippen molar-refractivity contribution >= 4 is 17.1 Å². The molecule has 0 saturated carbocycles. The number of oxazole rings is 1. The molecule has 1 atom stereocenters. The summed E-state index contributed by atoms with van der Waals surface area (Å²) < 4.78 is 6.53. The molecule has 1 fully saturated rings. The van der Waals surface area contributed by atoms with Crippen molar-refractivity contribution < 1.29 is 9.21 Å². The molecule has 1 aromatic carbocycles. The van der Waals surface area contributed by atoms with Gasteiger partial charge >= 0.3 is 11.8 Å². The smallest absolute Gasteiger partial charge is 0.408 e. The summed E-state index contributed by atoms with van der Waals surface area (Å²) in [5.41, 5.74) is 2.27. The van der Waals surface area contributed by atoms with Crippen LogP contribution in [0, 0.1) is 0 Å². The Kier molecular flexibility index (Phi) is 2.19. The van der Waals surface area contributed by atoms with E-state index in [0.29, 0.717) is 12.1 Å². The highest BCUT2D eigenvalue weighted by Crippen LogP contribution is 2.23. The molecule has 1 aromatic heterocycles. The summed E-state index contributed by atoms with van der Waals surface area (Å²) in [6.45, 7) is 0.621. The predicted molar refractivity (Wildman–Crippen MR) is 65.4 cm³/mol. The SMILES string of the molecule is CN1CC(c2ccc3oc(=O)n(C)c3c2)NC1=O. The van der Waals surface area contributed by atoms with E-state index in [9.17, 15) is 9.59 Å². The van der Waals surface area contributed by atoms with Crippen LogP contribution >= 0.6 is 0 Å². The summed E-state index contributed by atoms with van der Waals surface area (Å²) in [6.07, 6.45) is 0. The van der Waals surface area contributed by atoms with Gasteiger partial charge in [-0.2, -0.15) is 0 Å². The largest absolute Gasteiger partial charge is 0.419 e. The Morgan fingerprint density at radius 3 is 2.78 bits per heavy atom. The van der Waals surface area contributed by atoms with Crippen molar-refractivity contribution in [3.63, 3.8) is 0 Å². The highest BCUT2D eigenvalue weighted by atomic mass is 16.4. The molecule has 1 aliphatic heterocycles. The third-order valence-electron chi connectivity index (χ3n) is 3.32. The summed E-state index contributed by atoms with van der Waals surface area (Å²) in [5.74, 6) is -0.380. The van der Waals surface area contributed by atoms with Gasteiger partial charge in [-0.1, -0.05) is 6.07 Å². The molecule has 0 bridgehead atoms. The van der Waals surface area contributed by atoms with E-state index < -0.39 is 0 Å². The molecule has 1 aliphatic rings. The van der Waals surface area contributed by atoms with E-state index in [1.54, 1.807) is 25.1 Å². The zero-order chi connectivity index (χ0) is 12.9. The van der Waals surface area contributed by atoms with Gasteiger partial charge < -0.3 is 14.6 Å². The lowest BCUT2D eigenvalue weighted by atomic mass is 10.1. The number of nitrogens with zero attached hydrogens (tertiary/aromatic N) is 2. The molecule has 0 radical (unpaired) electrons. The van der Waals surface area contributed by atoms with Crippen LogP contribution in [0.2, 0.25) is 0 Å². The van der Waals surface area contributed by atoms with Gasteiger partial charge in [-0.25, -0.2) is 9.59 Å². The van der Waals surface area contributed by atoms with Crippen molar-refractivity contribution in [3.8, 4) is 0 Å². The minimum Gasteiger partial charge on any atom is -0.408 e. The van der Waals surface area contributed by atoms with Gasteiger partial charge in [0.25, 0.3) is 0 Å². The standard InChI is InChI=1S/C12H13N3O3/c1-14-6-8(13-11(14)16)7-3-4-10-9(5-7)15(2)12(17)18-10/h3-5,8H,6H2,1-2H3,(H,13,16). The van der Waals surface area contributed by atoms with Crippen LogP contribution in [-0.4, -0.2) is 29.1 Å². The molecule has 18 heavy (non-hydrogen) atoms. The van der Waals surface area contributed by atoms with E-state index in [4.69, 9.17) is 4.42 Å². The van der Waals surface area contributed by atoms with Crippen LogP contribution < -0.4 is 11.1 Å². The topological polar surface area (TPSA) is 67.5 Å². The van der Waals surface area contributed by atoms with Crippen LogP contribution in [0.15, 0.2) is 27.4 Å². The molecule has 2 heterocycles. The fourth-order valence-electron chi connectivity index (χ4n) is 2.21. The molecule has 1 N–H and O–H groups in total. The Hall–Kier alpha value is -2.24. The Bertz CT molecular complexity index is 685. The van der Waals surface area contributed by atoms with E-state index >= 15 is 0 Å². The molecule has 2 aromatic rings. The number of carbonyl (C=O) groups is 1. The van der Waals surface area contributed by atoms with Crippen LogP contribution in [0.5, 0.6) is 0 Å². The summed E-state index contributed by atoms with van der Waals surface area (Å²) in [4.78, 5) is 24.5. The fourth-order valence-corrected chi connectivity index (χ4v) is 2.21. The first-order valence-corrected chi connectivity index (χ1v) is 5.67. The van der Waals surface area contributed by atoms with Gasteiger partial charge in [-0.3, -0.25) is 4.57 Å². The lowest BCUT2D eigenvalue weighted by molar-refractivity contribution is 0.226. The number of likely N-dealkylation sites (N-methyl/N-ethyl adjacent to an activating group) is 1. The number of fused-ring (bicyclic) bond motifs is 1. The first-order chi connectivity index (χ1) is 8.56. The molecule has 94 valence electrons. The Balaban J connectivity index is 2.06. The van der Waals surface area contributed by atoms with Crippen LogP contribution in [0.4, 0.5) is 4.79 Å². The van der Waals surface area contributed by atoms with Gasteiger partial charge in [0.1, 0.15) is 0 Å². The summed E-state index contributed by atoms with van der Waals surface area (Å²) in [5, 5.41) is 2.88. The molecule has 6 nitrogen and oxygen atoms in total. The van der Waals surface area contributed by atoms with Crippen molar-refractivity contribution in [2.45, 2.75) is 6.04 Å². The van der Waals surface area contributed by atoms with Gasteiger partial charge in [0.05, 0.1) is 11.6 Å². The minimum atomic E-state index is -0.380. The van der Waals surface area contributed by atoms with Crippen molar-refractivity contribution in [1.82, 2.24) is 14.8 Å². The summed E-state index contributed by atoms with van der Waals surface area (Å²) in [7, 11) is 3.42. The monoisotopic (exact) mass is 247 g/mol. The quantitative estimate of drug-likeness (QED) is 0.811. The van der Waals surface area contributed by atoms with E-state index in [0.717, 1.165) is 11.1 Å². The normalized spacial score (nSPS) is 19.6. The number of aromatic nitrogens is 1. The molecule has 0 aliphatic carbocycles. The molecule has 1 unspecified atom stereocenters. The highest BCUT2D eigenvalue weighted by Gasteiger charge is 2.27. The second-order valence-electron chi connectivity index (χ2n) is 4.54. The maximum atomic E-state index is 11.4. The number of aryl methyl sites for hydroxylation is 1. The minimum absolute atomic E-state index is 0.0445. The third-order valence-corrected chi connectivity index (χ3v) is 3.32. The lowest BCUT2D eigenvalue weighted by Crippen LogP contribution is -2.23.